The van der Waals surface area contributed by atoms with Crippen LogP contribution in [0.4, 0.5) is 0 Å². The number of fused-ring (bicyclic) bond motifs is 12. The van der Waals surface area contributed by atoms with E-state index in [0.29, 0.717) is 23.2 Å². The number of hydrogen-bond acceptors (Lipinski definition) is 3. The van der Waals surface area contributed by atoms with Crippen molar-refractivity contribution in [2.75, 3.05) is 0 Å². The first-order chi connectivity index (χ1) is 13.3. The molecule has 0 bridgehead atoms. The Kier molecular flexibility index (Phi) is 2.87. The monoisotopic (exact) mass is 384 g/mol. The molecule has 154 valence electrons. The standard InChI is InChI=1S/C25H36O3/c1-22-7-4-13(26)12-24(22,3)17-10-14(17)20-16(22)5-8-23(2)21(20)15-11-18(15)25(23)9-6-19(27)28-25/h13-18,20-21,26H,4-12H2,1-3H3/t13-,14?,15+,16?,17+,18-,20?,21?,22+,23?,24-,25-/m0/s1. The Labute approximate surface area is 169 Å². The average molecular weight is 385 g/mol. The maximum absolute atomic E-state index is 12.2. The van der Waals surface area contributed by atoms with Crippen LogP contribution in [-0.4, -0.2) is 22.8 Å². The number of esters is 1. The normalized spacial score (nSPS) is 68.4. The molecule has 5 unspecified atom stereocenters. The maximum atomic E-state index is 12.2. The Morgan fingerprint density at radius 1 is 0.893 bits per heavy atom. The molecule has 0 aromatic heterocycles. The minimum atomic E-state index is -0.112. The van der Waals surface area contributed by atoms with Crippen LogP contribution in [0, 0.1) is 57.7 Å². The molecule has 1 saturated heterocycles. The second-order valence-electron chi connectivity index (χ2n) is 12.8. The van der Waals surface area contributed by atoms with Crippen LogP contribution in [0.15, 0.2) is 0 Å². The molecule has 1 spiro atoms. The van der Waals surface area contributed by atoms with Crippen molar-refractivity contribution in [2.45, 2.75) is 90.3 Å². The minimum absolute atomic E-state index is 0.0726. The van der Waals surface area contributed by atoms with E-state index in [1.165, 1.54) is 32.1 Å². The third kappa shape index (κ3) is 1.60. The predicted octanol–water partition coefficient (Wildman–Crippen LogP) is 4.57. The van der Waals surface area contributed by atoms with Crippen molar-refractivity contribution in [3.05, 3.63) is 0 Å². The highest BCUT2D eigenvalue weighted by Crippen LogP contribution is 2.84. The third-order valence-corrected chi connectivity index (χ3v) is 12.4. The zero-order valence-electron chi connectivity index (χ0n) is 17.7. The van der Waals surface area contributed by atoms with Gasteiger partial charge in [0.1, 0.15) is 5.60 Å². The van der Waals surface area contributed by atoms with Gasteiger partial charge < -0.3 is 9.84 Å². The number of aliphatic hydroxyl groups is 1. The van der Waals surface area contributed by atoms with Crippen LogP contribution in [0.2, 0.25) is 0 Å². The topological polar surface area (TPSA) is 46.5 Å². The van der Waals surface area contributed by atoms with Crippen molar-refractivity contribution in [1.82, 2.24) is 0 Å². The fraction of sp³-hybridized carbons (Fsp3) is 0.960. The quantitative estimate of drug-likeness (QED) is 0.623. The number of hydrogen-bond donors (Lipinski definition) is 1. The van der Waals surface area contributed by atoms with Gasteiger partial charge in [-0.3, -0.25) is 4.79 Å². The molecule has 3 heteroatoms. The van der Waals surface area contributed by atoms with E-state index in [1.54, 1.807) is 0 Å². The first-order valence-electron chi connectivity index (χ1n) is 12.2. The van der Waals surface area contributed by atoms with Crippen LogP contribution in [-0.2, 0) is 9.53 Å². The van der Waals surface area contributed by atoms with Gasteiger partial charge >= 0.3 is 5.97 Å². The van der Waals surface area contributed by atoms with Gasteiger partial charge in [0.25, 0.3) is 0 Å². The van der Waals surface area contributed by atoms with Crippen molar-refractivity contribution in [1.29, 1.82) is 0 Å². The van der Waals surface area contributed by atoms with Crippen molar-refractivity contribution in [3.8, 4) is 0 Å². The van der Waals surface area contributed by atoms with Crippen LogP contribution in [0.3, 0.4) is 0 Å². The predicted molar refractivity (Wildman–Crippen MR) is 105 cm³/mol. The molecule has 7 rings (SSSR count). The molecule has 0 aromatic carbocycles. The third-order valence-electron chi connectivity index (χ3n) is 12.4. The molecule has 1 heterocycles. The van der Waals surface area contributed by atoms with Gasteiger partial charge in [-0.25, -0.2) is 0 Å². The molecular formula is C25H36O3. The summed E-state index contributed by atoms with van der Waals surface area (Å²) in [6.07, 6.45) is 10.1. The SMILES string of the molecule is CC12CCC3C(C4C[C@H]4[C@]4(C)C[C@@H](O)CC[C@]34C)C1[C@@H]1C[C@@H]1[C@@]21CCC(=O)O1. The maximum Gasteiger partial charge on any atom is 0.306 e. The molecule has 0 amide bonds. The van der Waals surface area contributed by atoms with Crippen LogP contribution in [0.25, 0.3) is 0 Å². The van der Waals surface area contributed by atoms with Gasteiger partial charge in [-0.05, 0) is 97.7 Å². The van der Waals surface area contributed by atoms with Gasteiger partial charge in [-0.1, -0.05) is 20.8 Å². The van der Waals surface area contributed by atoms with Gasteiger partial charge in [-0.15, -0.1) is 0 Å². The molecule has 7 fully saturated rings. The van der Waals surface area contributed by atoms with E-state index in [-0.39, 0.29) is 23.1 Å². The zero-order valence-corrected chi connectivity index (χ0v) is 17.7. The van der Waals surface area contributed by atoms with Crippen molar-refractivity contribution in [3.63, 3.8) is 0 Å². The average Bonchev–Trinajstić information content (AvgIpc) is 3.54. The minimum Gasteiger partial charge on any atom is -0.458 e. The summed E-state index contributed by atoms with van der Waals surface area (Å²) >= 11 is 0. The van der Waals surface area contributed by atoms with Gasteiger partial charge in [0, 0.05) is 17.8 Å². The number of ether oxygens (including phenoxy) is 1. The highest BCUT2D eigenvalue weighted by Gasteiger charge is 2.82. The molecule has 0 radical (unpaired) electrons. The molecule has 6 aliphatic carbocycles. The molecule has 0 aromatic rings. The van der Waals surface area contributed by atoms with Crippen LogP contribution in [0.5, 0.6) is 0 Å². The summed E-state index contributed by atoms with van der Waals surface area (Å²) in [6, 6.07) is 0. The summed E-state index contributed by atoms with van der Waals surface area (Å²) in [5.74, 6) is 5.73. The number of carbonyl (C=O) groups is 1. The Balaban J connectivity index is 1.32. The van der Waals surface area contributed by atoms with Crippen LogP contribution < -0.4 is 0 Å². The van der Waals surface area contributed by atoms with Crippen molar-refractivity contribution >= 4 is 5.97 Å². The second-order valence-corrected chi connectivity index (χ2v) is 12.8. The highest BCUT2D eigenvalue weighted by atomic mass is 16.6. The molecular weight excluding hydrogens is 348 g/mol. The van der Waals surface area contributed by atoms with E-state index in [9.17, 15) is 9.90 Å². The summed E-state index contributed by atoms with van der Waals surface area (Å²) in [6.45, 7) is 7.67. The lowest BCUT2D eigenvalue weighted by Gasteiger charge is -2.65. The van der Waals surface area contributed by atoms with Crippen molar-refractivity contribution in [2.24, 2.45) is 57.7 Å². The number of carbonyl (C=O) groups excluding carboxylic acids is 1. The molecule has 1 N–H and O–H groups in total. The fourth-order valence-corrected chi connectivity index (χ4v) is 11.0. The van der Waals surface area contributed by atoms with Gasteiger partial charge in [0.15, 0.2) is 0 Å². The Bertz CT molecular complexity index is 778. The molecule has 6 saturated carbocycles. The highest BCUT2D eigenvalue weighted by molar-refractivity contribution is 5.73. The van der Waals surface area contributed by atoms with Crippen LogP contribution >= 0.6 is 0 Å². The van der Waals surface area contributed by atoms with Gasteiger partial charge in [0.05, 0.1) is 6.10 Å². The number of rotatable bonds is 0. The summed E-state index contributed by atoms with van der Waals surface area (Å²) < 4.78 is 6.26. The van der Waals surface area contributed by atoms with E-state index >= 15 is 0 Å². The van der Waals surface area contributed by atoms with E-state index < -0.39 is 0 Å². The van der Waals surface area contributed by atoms with Gasteiger partial charge in [0.2, 0.25) is 0 Å². The lowest BCUT2D eigenvalue weighted by Crippen LogP contribution is -2.61. The Hall–Kier alpha value is -0.570. The van der Waals surface area contributed by atoms with Crippen LogP contribution in [0.1, 0.15) is 78.6 Å². The zero-order chi connectivity index (χ0) is 19.3. The largest absolute Gasteiger partial charge is 0.458 e. The first-order valence-corrected chi connectivity index (χ1v) is 12.2. The molecule has 12 atom stereocenters. The molecule has 7 aliphatic rings. The van der Waals surface area contributed by atoms with E-state index in [1.807, 2.05) is 0 Å². The van der Waals surface area contributed by atoms with E-state index in [0.717, 1.165) is 54.8 Å². The summed E-state index contributed by atoms with van der Waals surface area (Å²) in [5.41, 5.74) is 0.838. The molecule has 3 nitrogen and oxygen atoms in total. The lowest BCUT2D eigenvalue weighted by molar-refractivity contribution is -0.204. The fourth-order valence-electron chi connectivity index (χ4n) is 11.0. The number of aliphatic hydroxyl groups excluding tert-OH is 1. The summed E-state index contributed by atoms with van der Waals surface area (Å²) in [4.78, 5) is 12.2. The summed E-state index contributed by atoms with van der Waals surface area (Å²) in [7, 11) is 0. The Morgan fingerprint density at radius 3 is 2.39 bits per heavy atom. The summed E-state index contributed by atoms with van der Waals surface area (Å²) in [5, 5.41) is 10.5. The van der Waals surface area contributed by atoms with Gasteiger partial charge in [-0.2, -0.15) is 0 Å². The molecule has 1 aliphatic heterocycles. The smallest absolute Gasteiger partial charge is 0.306 e. The van der Waals surface area contributed by atoms with E-state index in [2.05, 4.69) is 20.8 Å². The Morgan fingerprint density at radius 2 is 1.64 bits per heavy atom. The van der Waals surface area contributed by atoms with Crippen molar-refractivity contribution < 1.29 is 14.6 Å². The first kappa shape index (κ1) is 17.1. The molecule has 28 heavy (non-hydrogen) atoms. The second kappa shape index (κ2) is 4.68. The van der Waals surface area contributed by atoms with E-state index in [4.69, 9.17) is 4.74 Å². The lowest BCUT2D eigenvalue weighted by atomic mass is 9.39.